The third-order valence-corrected chi connectivity index (χ3v) is 4.47. The van der Waals surface area contributed by atoms with Crippen LogP contribution < -0.4 is 10.1 Å². The van der Waals surface area contributed by atoms with Gasteiger partial charge in [-0.25, -0.2) is 19.2 Å². The number of carbonyl (C=O) groups excluding carboxylic acids is 1. The lowest BCUT2D eigenvalue weighted by Gasteiger charge is -2.15. The zero-order chi connectivity index (χ0) is 22.4. The van der Waals surface area contributed by atoms with Gasteiger partial charge in [0, 0.05) is 5.56 Å². The largest absolute Gasteiger partial charge is 0.492 e. The quantitative estimate of drug-likeness (QED) is 0.475. The van der Waals surface area contributed by atoms with Gasteiger partial charge >= 0.3 is 5.97 Å². The smallest absolute Gasteiger partial charge is 0.357 e. The number of carbonyl (C=O) groups is 1. The minimum atomic E-state index is -0.824. The summed E-state index contributed by atoms with van der Waals surface area (Å²) < 4.78 is 30.3. The minimum Gasteiger partial charge on any atom is -0.492 e. The molecule has 2 heterocycles. The Morgan fingerprint density at radius 1 is 1.39 bits per heavy atom. The maximum atomic E-state index is 15.0. The van der Waals surface area contributed by atoms with Crippen molar-refractivity contribution in [3.8, 4) is 17.1 Å². The van der Waals surface area contributed by atoms with Crippen LogP contribution in [0.1, 0.15) is 21.8 Å². The van der Waals surface area contributed by atoms with Gasteiger partial charge in [-0.3, -0.25) is 0 Å². The Kier molecular flexibility index (Phi) is 7.22. The summed E-state index contributed by atoms with van der Waals surface area (Å²) in [6.45, 7) is 3.35. The van der Waals surface area contributed by atoms with E-state index in [1.807, 2.05) is 0 Å². The van der Waals surface area contributed by atoms with E-state index in [0.717, 1.165) is 0 Å². The van der Waals surface area contributed by atoms with Crippen LogP contribution in [0.2, 0.25) is 5.02 Å². The predicted octanol–water partition coefficient (Wildman–Crippen LogP) is 3.94. The van der Waals surface area contributed by atoms with Crippen molar-refractivity contribution in [3.63, 3.8) is 0 Å². The Balaban J connectivity index is 2.13. The van der Waals surface area contributed by atoms with Crippen molar-refractivity contribution >= 4 is 29.5 Å². The molecular formula is C21H19ClFN3O5. The van der Waals surface area contributed by atoms with Gasteiger partial charge in [0.1, 0.15) is 18.2 Å². The van der Waals surface area contributed by atoms with E-state index >= 15 is 0 Å². The number of rotatable bonds is 9. The van der Waals surface area contributed by atoms with Crippen molar-refractivity contribution in [2.75, 3.05) is 25.6 Å². The number of esters is 1. The fourth-order valence-corrected chi connectivity index (χ4v) is 2.98. The second-order valence-electron chi connectivity index (χ2n) is 6.10. The number of benzene rings is 1. The number of anilines is 1. The lowest BCUT2D eigenvalue weighted by Crippen LogP contribution is -2.16. The van der Waals surface area contributed by atoms with Gasteiger partial charge in [-0.05, 0) is 24.3 Å². The molecule has 10 heteroatoms. The van der Waals surface area contributed by atoms with E-state index in [0.29, 0.717) is 5.76 Å². The number of aliphatic hydroxyl groups is 1. The maximum Gasteiger partial charge on any atom is 0.357 e. The molecule has 8 nitrogen and oxygen atoms in total. The van der Waals surface area contributed by atoms with E-state index < -0.39 is 11.8 Å². The number of hydrogen-bond acceptors (Lipinski definition) is 8. The number of methoxy groups -OCH3 is 1. The lowest BCUT2D eigenvalue weighted by molar-refractivity contribution is 0.0427. The van der Waals surface area contributed by atoms with E-state index in [9.17, 15) is 9.18 Å². The van der Waals surface area contributed by atoms with Crippen molar-refractivity contribution in [3.05, 3.63) is 65.0 Å². The molecule has 0 fully saturated rings. The Hall–Kier alpha value is -3.43. The number of ether oxygens (including phenoxy) is 2. The highest BCUT2D eigenvalue weighted by Gasteiger charge is 2.23. The molecular weight excluding hydrogens is 429 g/mol. The molecule has 1 aromatic carbocycles. The first-order valence-electron chi connectivity index (χ1n) is 9.11. The van der Waals surface area contributed by atoms with Crippen LogP contribution in [0.15, 0.2) is 41.5 Å². The fraction of sp³-hybridized carbons (Fsp3) is 0.190. The number of halogens is 2. The number of nitrogens with zero attached hydrogens (tertiary/aromatic N) is 2. The van der Waals surface area contributed by atoms with Gasteiger partial charge in [0.15, 0.2) is 23.1 Å². The summed E-state index contributed by atoms with van der Waals surface area (Å²) in [6, 6.07) is 6.29. The van der Waals surface area contributed by atoms with E-state index in [4.69, 9.17) is 30.6 Å². The topological polar surface area (TPSA) is 107 Å². The van der Waals surface area contributed by atoms with Crippen molar-refractivity contribution in [1.29, 1.82) is 0 Å². The SMILES string of the molecule is C=Cc1c(NCc2ccco2)nc(-c2ccc(Cl)c(OC)c2F)nc1C(=O)OCCO. The molecule has 3 aromatic rings. The summed E-state index contributed by atoms with van der Waals surface area (Å²) in [4.78, 5) is 21.1. The summed E-state index contributed by atoms with van der Waals surface area (Å²) in [7, 11) is 1.28. The third-order valence-electron chi connectivity index (χ3n) is 4.17. The van der Waals surface area contributed by atoms with Crippen LogP contribution in [0, 0.1) is 5.82 Å². The molecule has 0 saturated carbocycles. The number of furan rings is 1. The number of hydrogen-bond donors (Lipinski definition) is 2. The molecule has 31 heavy (non-hydrogen) atoms. The fourth-order valence-electron chi connectivity index (χ4n) is 2.76. The van der Waals surface area contributed by atoms with Gasteiger partial charge in [0.25, 0.3) is 0 Å². The highest BCUT2D eigenvalue weighted by Crippen LogP contribution is 2.35. The van der Waals surface area contributed by atoms with Gasteiger partial charge in [0.05, 0.1) is 37.1 Å². The minimum absolute atomic E-state index is 0.0332. The Labute approximate surface area is 182 Å². The molecule has 162 valence electrons. The first-order chi connectivity index (χ1) is 15.0. The van der Waals surface area contributed by atoms with E-state index in [-0.39, 0.29) is 59.0 Å². The monoisotopic (exact) mass is 447 g/mol. The molecule has 0 aliphatic carbocycles. The first kappa shape index (κ1) is 22.3. The molecule has 0 bridgehead atoms. The molecule has 0 amide bonds. The predicted molar refractivity (Wildman–Crippen MR) is 112 cm³/mol. The standard InChI is InChI=1S/C21H19ClFN3O5/c1-3-13-17(21(28)31-10-8-27)25-20(14-6-7-15(22)18(29-2)16(14)23)26-19(13)24-11-12-5-4-9-30-12/h3-7,9,27H,1,8,10-11H2,2H3,(H,24,25,26). The van der Waals surface area contributed by atoms with Crippen LogP contribution in [0.3, 0.4) is 0 Å². The Bertz CT molecular complexity index is 1090. The molecule has 2 aromatic heterocycles. The molecule has 0 aliphatic heterocycles. The molecule has 0 aliphatic rings. The zero-order valence-electron chi connectivity index (χ0n) is 16.5. The van der Waals surface area contributed by atoms with Crippen molar-refractivity contribution in [1.82, 2.24) is 9.97 Å². The second-order valence-corrected chi connectivity index (χ2v) is 6.50. The van der Waals surface area contributed by atoms with Crippen LogP contribution in [-0.2, 0) is 11.3 Å². The van der Waals surface area contributed by atoms with Crippen LogP contribution in [0.4, 0.5) is 10.2 Å². The highest BCUT2D eigenvalue weighted by molar-refractivity contribution is 6.32. The van der Waals surface area contributed by atoms with Crippen LogP contribution >= 0.6 is 11.6 Å². The van der Waals surface area contributed by atoms with Crippen LogP contribution in [0.5, 0.6) is 5.75 Å². The van der Waals surface area contributed by atoms with Crippen molar-refractivity contribution in [2.45, 2.75) is 6.54 Å². The summed E-state index contributed by atoms with van der Waals surface area (Å²) in [5.74, 6) is -1.07. The normalized spacial score (nSPS) is 10.6. The van der Waals surface area contributed by atoms with Crippen LogP contribution in [-0.4, -0.2) is 41.4 Å². The highest BCUT2D eigenvalue weighted by atomic mass is 35.5. The van der Waals surface area contributed by atoms with Crippen molar-refractivity contribution in [2.24, 2.45) is 0 Å². The first-order valence-corrected chi connectivity index (χ1v) is 9.49. The molecule has 0 radical (unpaired) electrons. The summed E-state index contributed by atoms with van der Waals surface area (Å²) in [5, 5.41) is 12.1. The van der Waals surface area contributed by atoms with Gasteiger partial charge in [-0.15, -0.1) is 0 Å². The average Bonchev–Trinajstić information content (AvgIpc) is 3.29. The number of aliphatic hydroxyl groups excluding tert-OH is 1. The zero-order valence-corrected chi connectivity index (χ0v) is 17.3. The molecule has 0 spiro atoms. The maximum absolute atomic E-state index is 15.0. The lowest BCUT2D eigenvalue weighted by atomic mass is 10.1. The Morgan fingerprint density at radius 2 is 2.19 bits per heavy atom. The van der Waals surface area contributed by atoms with Crippen molar-refractivity contribution < 1.29 is 28.2 Å². The summed E-state index contributed by atoms with van der Waals surface area (Å²) in [6.07, 6.45) is 2.90. The van der Waals surface area contributed by atoms with Gasteiger partial charge in [-0.2, -0.15) is 0 Å². The van der Waals surface area contributed by atoms with E-state index in [1.165, 1.54) is 31.6 Å². The van der Waals surface area contributed by atoms with E-state index in [2.05, 4.69) is 21.9 Å². The van der Waals surface area contributed by atoms with Gasteiger partial charge < -0.3 is 24.3 Å². The number of nitrogens with one attached hydrogen (secondary N) is 1. The third kappa shape index (κ3) is 4.84. The van der Waals surface area contributed by atoms with Gasteiger partial charge in [-0.1, -0.05) is 24.3 Å². The average molecular weight is 448 g/mol. The van der Waals surface area contributed by atoms with Gasteiger partial charge in [0.2, 0.25) is 0 Å². The van der Waals surface area contributed by atoms with E-state index in [1.54, 1.807) is 12.1 Å². The molecule has 3 rings (SSSR count). The molecule has 2 N–H and O–H groups in total. The summed E-state index contributed by atoms with van der Waals surface area (Å²) in [5.41, 5.74) is 0.0670. The molecule has 0 atom stereocenters. The second kappa shape index (κ2) is 10.1. The number of aromatic nitrogens is 2. The summed E-state index contributed by atoms with van der Waals surface area (Å²) >= 11 is 5.97. The Morgan fingerprint density at radius 3 is 2.84 bits per heavy atom. The van der Waals surface area contributed by atoms with Crippen LogP contribution in [0.25, 0.3) is 17.5 Å². The molecule has 0 unspecified atom stereocenters. The molecule has 0 saturated heterocycles.